The van der Waals surface area contributed by atoms with E-state index in [9.17, 15) is 4.39 Å². The van der Waals surface area contributed by atoms with Crippen LogP contribution in [0.2, 0.25) is 0 Å². The predicted octanol–water partition coefficient (Wildman–Crippen LogP) is 2.17. The first-order chi connectivity index (χ1) is 9.31. The summed E-state index contributed by atoms with van der Waals surface area (Å²) in [5.41, 5.74) is 1.11. The van der Waals surface area contributed by atoms with Crippen molar-refractivity contribution in [2.75, 3.05) is 19.7 Å². The molecule has 0 aromatic heterocycles. The molecule has 0 spiro atoms. The SMILES string of the molecule is Fc1ccc(CC2COC(C3CCCNC3)=N2)cc1. The van der Waals surface area contributed by atoms with Crippen molar-refractivity contribution in [3.63, 3.8) is 0 Å². The Hall–Kier alpha value is -1.42. The normalized spacial score (nSPS) is 26.9. The molecule has 19 heavy (non-hydrogen) atoms. The van der Waals surface area contributed by atoms with Gasteiger partial charge in [0, 0.05) is 12.5 Å². The van der Waals surface area contributed by atoms with Crippen molar-refractivity contribution in [3.05, 3.63) is 35.6 Å². The van der Waals surface area contributed by atoms with Crippen LogP contribution < -0.4 is 5.32 Å². The van der Waals surface area contributed by atoms with Gasteiger partial charge in [-0.05, 0) is 43.5 Å². The van der Waals surface area contributed by atoms with Crippen molar-refractivity contribution in [1.82, 2.24) is 5.32 Å². The lowest BCUT2D eigenvalue weighted by atomic mass is 9.99. The summed E-state index contributed by atoms with van der Waals surface area (Å²) in [7, 11) is 0. The largest absolute Gasteiger partial charge is 0.478 e. The molecule has 1 N–H and O–H groups in total. The molecule has 1 aromatic rings. The molecular weight excluding hydrogens is 243 g/mol. The van der Waals surface area contributed by atoms with E-state index in [1.165, 1.54) is 18.6 Å². The molecule has 4 heteroatoms. The third-order valence-corrected chi connectivity index (χ3v) is 3.76. The van der Waals surface area contributed by atoms with Gasteiger partial charge in [0.2, 0.25) is 0 Å². The van der Waals surface area contributed by atoms with Gasteiger partial charge < -0.3 is 10.1 Å². The number of nitrogens with one attached hydrogen (secondary N) is 1. The molecule has 1 saturated heterocycles. The number of nitrogens with zero attached hydrogens (tertiary/aromatic N) is 1. The summed E-state index contributed by atoms with van der Waals surface area (Å²) in [6, 6.07) is 6.83. The van der Waals surface area contributed by atoms with Crippen LogP contribution in [0.25, 0.3) is 0 Å². The van der Waals surface area contributed by atoms with Crippen LogP contribution in [0.3, 0.4) is 0 Å². The molecule has 2 aliphatic heterocycles. The molecule has 0 amide bonds. The Morgan fingerprint density at radius 3 is 2.89 bits per heavy atom. The Labute approximate surface area is 112 Å². The molecule has 3 nitrogen and oxygen atoms in total. The molecule has 2 aliphatic rings. The highest BCUT2D eigenvalue weighted by Crippen LogP contribution is 2.20. The molecule has 0 aliphatic carbocycles. The second kappa shape index (κ2) is 5.70. The summed E-state index contributed by atoms with van der Waals surface area (Å²) in [5.74, 6) is 1.16. The van der Waals surface area contributed by atoms with Gasteiger partial charge in [-0.2, -0.15) is 0 Å². The maximum Gasteiger partial charge on any atom is 0.188 e. The highest BCUT2D eigenvalue weighted by molar-refractivity contribution is 5.80. The molecule has 3 rings (SSSR count). The van der Waals surface area contributed by atoms with Crippen molar-refractivity contribution < 1.29 is 9.13 Å². The van der Waals surface area contributed by atoms with Crippen molar-refractivity contribution in [1.29, 1.82) is 0 Å². The fourth-order valence-corrected chi connectivity index (χ4v) is 2.72. The zero-order chi connectivity index (χ0) is 13.1. The minimum Gasteiger partial charge on any atom is -0.478 e. The lowest BCUT2D eigenvalue weighted by Crippen LogP contribution is -2.34. The number of ether oxygens (including phenoxy) is 1. The third kappa shape index (κ3) is 3.13. The van der Waals surface area contributed by atoms with E-state index in [0.717, 1.165) is 37.4 Å². The van der Waals surface area contributed by atoms with Crippen LogP contribution in [0.15, 0.2) is 29.3 Å². The van der Waals surface area contributed by atoms with Crippen molar-refractivity contribution in [3.8, 4) is 0 Å². The standard InChI is InChI=1S/C15H19FN2O/c16-13-5-3-11(4-6-13)8-14-10-19-15(18-14)12-2-1-7-17-9-12/h3-6,12,14,17H,1-2,7-10H2. The Kier molecular flexibility index (Phi) is 3.78. The monoisotopic (exact) mass is 262 g/mol. The Bertz CT molecular complexity index is 452. The van der Waals surface area contributed by atoms with E-state index >= 15 is 0 Å². The average Bonchev–Trinajstić information content (AvgIpc) is 2.91. The summed E-state index contributed by atoms with van der Waals surface area (Å²) < 4.78 is 18.6. The fourth-order valence-electron chi connectivity index (χ4n) is 2.72. The summed E-state index contributed by atoms with van der Waals surface area (Å²) in [6.45, 7) is 2.73. The van der Waals surface area contributed by atoms with E-state index in [2.05, 4.69) is 5.32 Å². The number of hydrogen-bond acceptors (Lipinski definition) is 3. The quantitative estimate of drug-likeness (QED) is 0.905. The molecular formula is C15H19FN2O. The minimum absolute atomic E-state index is 0.183. The van der Waals surface area contributed by atoms with Gasteiger partial charge in [-0.3, -0.25) is 0 Å². The van der Waals surface area contributed by atoms with Gasteiger partial charge in [-0.1, -0.05) is 12.1 Å². The predicted molar refractivity (Wildman–Crippen MR) is 72.9 cm³/mol. The minimum atomic E-state index is -0.191. The molecule has 0 bridgehead atoms. The molecule has 2 unspecified atom stereocenters. The molecule has 102 valence electrons. The van der Waals surface area contributed by atoms with Gasteiger partial charge in [-0.25, -0.2) is 9.38 Å². The number of rotatable bonds is 3. The zero-order valence-electron chi connectivity index (χ0n) is 10.9. The lowest BCUT2D eigenvalue weighted by molar-refractivity contribution is 0.285. The average molecular weight is 262 g/mol. The Morgan fingerprint density at radius 1 is 1.32 bits per heavy atom. The number of benzene rings is 1. The van der Waals surface area contributed by atoms with Crippen LogP contribution in [-0.2, 0) is 11.2 Å². The third-order valence-electron chi connectivity index (χ3n) is 3.76. The molecule has 2 atom stereocenters. The Morgan fingerprint density at radius 2 is 2.16 bits per heavy atom. The number of halogens is 1. The maximum absolute atomic E-state index is 12.8. The van der Waals surface area contributed by atoms with E-state index < -0.39 is 0 Å². The van der Waals surface area contributed by atoms with Gasteiger partial charge in [0.25, 0.3) is 0 Å². The molecule has 0 saturated carbocycles. The summed E-state index contributed by atoms with van der Waals surface area (Å²) in [5, 5.41) is 3.38. The van der Waals surface area contributed by atoms with Crippen molar-refractivity contribution in [2.45, 2.75) is 25.3 Å². The van der Waals surface area contributed by atoms with E-state index in [4.69, 9.17) is 9.73 Å². The van der Waals surface area contributed by atoms with Crippen LogP contribution in [0, 0.1) is 11.7 Å². The summed E-state index contributed by atoms with van der Waals surface area (Å²) in [6.07, 6.45) is 3.18. The maximum atomic E-state index is 12.8. The van der Waals surface area contributed by atoms with E-state index in [0.29, 0.717) is 12.5 Å². The molecule has 2 heterocycles. The van der Waals surface area contributed by atoms with E-state index in [1.54, 1.807) is 0 Å². The first-order valence-corrected chi connectivity index (χ1v) is 6.97. The summed E-state index contributed by atoms with van der Waals surface area (Å²) >= 11 is 0. The van der Waals surface area contributed by atoms with Crippen molar-refractivity contribution >= 4 is 5.90 Å². The van der Waals surface area contributed by atoms with Crippen LogP contribution in [0.1, 0.15) is 18.4 Å². The number of piperidine rings is 1. The van der Waals surface area contributed by atoms with Gasteiger partial charge >= 0.3 is 0 Å². The highest BCUT2D eigenvalue weighted by Gasteiger charge is 2.27. The topological polar surface area (TPSA) is 33.6 Å². The first-order valence-electron chi connectivity index (χ1n) is 6.97. The van der Waals surface area contributed by atoms with Crippen LogP contribution in [-0.4, -0.2) is 31.6 Å². The zero-order valence-corrected chi connectivity index (χ0v) is 10.9. The van der Waals surface area contributed by atoms with Crippen LogP contribution >= 0.6 is 0 Å². The molecule has 0 radical (unpaired) electrons. The highest BCUT2D eigenvalue weighted by atomic mass is 19.1. The van der Waals surface area contributed by atoms with Gasteiger partial charge in [0.05, 0.1) is 6.04 Å². The lowest BCUT2D eigenvalue weighted by Gasteiger charge is -2.21. The fraction of sp³-hybridized carbons (Fsp3) is 0.533. The van der Waals surface area contributed by atoms with E-state index in [-0.39, 0.29) is 11.9 Å². The number of aliphatic imine (C=N–C) groups is 1. The smallest absolute Gasteiger partial charge is 0.188 e. The Balaban J connectivity index is 1.60. The molecule has 1 aromatic carbocycles. The first kappa shape index (κ1) is 12.6. The van der Waals surface area contributed by atoms with Crippen LogP contribution in [0.4, 0.5) is 4.39 Å². The number of hydrogen-bond donors (Lipinski definition) is 1. The molecule has 1 fully saturated rings. The van der Waals surface area contributed by atoms with E-state index in [1.807, 2.05) is 12.1 Å². The van der Waals surface area contributed by atoms with Gasteiger partial charge in [0.15, 0.2) is 5.90 Å². The second-order valence-electron chi connectivity index (χ2n) is 5.31. The van der Waals surface area contributed by atoms with Gasteiger partial charge in [0.1, 0.15) is 12.4 Å². The van der Waals surface area contributed by atoms with Gasteiger partial charge in [-0.15, -0.1) is 0 Å². The van der Waals surface area contributed by atoms with Crippen LogP contribution in [0.5, 0.6) is 0 Å². The second-order valence-corrected chi connectivity index (χ2v) is 5.31. The van der Waals surface area contributed by atoms with Crippen molar-refractivity contribution in [2.24, 2.45) is 10.9 Å². The summed E-state index contributed by atoms with van der Waals surface area (Å²) in [4.78, 5) is 4.69.